The molecule has 2 aromatic rings. The molecule has 1 heterocycles. The summed E-state index contributed by atoms with van der Waals surface area (Å²) < 4.78 is 5.18. The van der Waals surface area contributed by atoms with Gasteiger partial charge in [-0.25, -0.2) is 14.8 Å². The van der Waals surface area contributed by atoms with Crippen LogP contribution >= 0.6 is 0 Å². The fourth-order valence-corrected chi connectivity index (χ4v) is 1.60. The molecular formula is C13H13N3O3. The number of nitrogens with one attached hydrogen (secondary N) is 1. The van der Waals surface area contributed by atoms with E-state index in [1.807, 2.05) is 0 Å². The molecule has 0 atom stereocenters. The molecule has 0 saturated carbocycles. The number of rotatable bonds is 5. The van der Waals surface area contributed by atoms with Crippen molar-refractivity contribution in [2.24, 2.45) is 0 Å². The third-order valence-electron chi connectivity index (χ3n) is 2.54. The lowest BCUT2D eigenvalue weighted by Gasteiger charge is -2.11. The standard InChI is InChI=1S/C13H13N3O3/c1-19-12-3-2-10(13(17)18)4-11(12)16-7-9-5-14-8-15-6-9/h2-6,8,16H,7H2,1H3,(H,17,18). The summed E-state index contributed by atoms with van der Waals surface area (Å²) in [6.45, 7) is 0.486. The topological polar surface area (TPSA) is 84.3 Å². The highest BCUT2D eigenvalue weighted by atomic mass is 16.5. The van der Waals surface area contributed by atoms with Crippen molar-refractivity contribution in [3.05, 3.63) is 48.0 Å². The van der Waals surface area contributed by atoms with E-state index in [0.717, 1.165) is 5.56 Å². The van der Waals surface area contributed by atoms with E-state index in [1.165, 1.54) is 25.6 Å². The minimum absolute atomic E-state index is 0.201. The van der Waals surface area contributed by atoms with Gasteiger partial charge in [0.1, 0.15) is 12.1 Å². The third-order valence-corrected chi connectivity index (χ3v) is 2.54. The Labute approximate surface area is 110 Å². The summed E-state index contributed by atoms with van der Waals surface area (Å²) in [7, 11) is 1.53. The van der Waals surface area contributed by atoms with Crippen molar-refractivity contribution in [3.63, 3.8) is 0 Å². The number of carbonyl (C=O) groups is 1. The monoisotopic (exact) mass is 259 g/mol. The number of aromatic carboxylic acids is 1. The number of nitrogens with zero attached hydrogens (tertiary/aromatic N) is 2. The summed E-state index contributed by atoms with van der Waals surface area (Å²) in [5.41, 5.74) is 1.71. The van der Waals surface area contributed by atoms with Crippen molar-refractivity contribution in [1.29, 1.82) is 0 Å². The molecule has 2 N–H and O–H groups in total. The smallest absolute Gasteiger partial charge is 0.335 e. The van der Waals surface area contributed by atoms with Crippen LogP contribution in [0, 0.1) is 0 Å². The summed E-state index contributed by atoms with van der Waals surface area (Å²) in [4.78, 5) is 18.8. The molecule has 0 amide bonds. The van der Waals surface area contributed by atoms with Gasteiger partial charge in [0.2, 0.25) is 0 Å². The average molecular weight is 259 g/mol. The summed E-state index contributed by atoms with van der Waals surface area (Å²) in [6.07, 6.45) is 4.83. The molecule has 0 radical (unpaired) electrons. The van der Waals surface area contributed by atoms with Crippen LogP contribution in [0.4, 0.5) is 5.69 Å². The maximum atomic E-state index is 10.9. The van der Waals surface area contributed by atoms with Gasteiger partial charge in [0.05, 0.1) is 18.4 Å². The fourth-order valence-electron chi connectivity index (χ4n) is 1.60. The number of ether oxygens (including phenoxy) is 1. The first kappa shape index (κ1) is 12.8. The van der Waals surface area contributed by atoms with Crippen molar-refractivity contribution in [1.82, 2.24) is 9.97 Å². The maximum absolute atomic E-state index is 10.9. The molecule has 0 saturated heterocycles. The maximum Gasteiger partial charge on any atom is 0.335 e. The van der Waals surface area contributed by atoms with Crippen LogP contribution in [-0.2, 0) is 6.54 Å². The molecule has 0 fully saturated rings. The van der Waals surface area contributed by atoms with Gasteiger partial charge in [-0.15, -0.1) is 0 Å². The second kappa shape index (κ2) is 5.81. The van der Waals surface area contributed by atoms with Gasteiger partial charge < -0.3 is 15.2 Å². The third kappa shape index (κ3) is 3.19. The highest BCUT2D eigenvalue weighted by Crippen LogP contribution is 2.25. The SMILES string of the molecule is COc1ccc(C(=O)O)cc1NCc1cncnc1. The molecule has 0 unspecified atom stereocenters. The molecule has 0 aliphatic heterocycles. The lowest BCUT2D eigenvalue weighted by Crippen LogP contribution is -2.04. The van der Waals surface area contributed by atoms with Gasteiger partial charge in [-0.3, -0.25) is 0 Å². The van der Waals surface area contributed by atoms with E-state index in [9.17, 15) is 4.79 Å². The van der Waals surface area contributed by atoms with Gasteiger partial charge in [0, 0.05) is 24.5 Å². The first-order valence-electron chi connectivity index (χ1n) is 5.60. The number of hydrogen-bond donors (Lipinski definition) is 2. The Morgan fingerprint density at radius 3 is 2.74 bits per heavy atom. The largest absolute Gasteiger partial charge is 0.495 e. The number of aromatic nitrogens is 2. The zero-order valence-corrected chi connectivity index (χ0v) is 10.3. The summed E-state index contributed by atoms with van der Waals surface area (Å²) in [5, 5.41) is 12.1. The van der Waals surface area contributed by atoms with Crippen LogP contribution in [0.25, 0.3) is 0 Å². The zero-order chi connectivity index (χ0) is 13.7. The first-order valence-corrected chi connectivity index (χ1v) is 5.60. The Morgan fingerprint density at radius 1 is 1.37 bits per heavy atom. The molecule has 0 spiro atoms. The molecule has 98 valence electrons. The minimum atomic E-state index is -0.978. The molecule has 2 rings (SSSR count). The number of methoxy groups -OCH3 is 1. The molecule has 6 heteroatoms. The summed E-state index contributed by atoms with van der Waals surface area (Å²) in [6, 6.07) is 4.65. The Bertz CT molecular complexity index is 573. The van der Waals surface area contributed by atoms with Crippen LogP contribution < -0.4 is 10.1 Å². The molecular weight excluding hydrogens is 246 g/mol. The van der Waals surface area contributed by atoms with E-state index < -0.39 is 5.97 Å². The van der Waals surface area contributed by atoms with Gasteiger partial charge in [0.25, 0.3) is 0 Å². The molecule has 6 nitrogen and oxygen atoms in total. The van der Waals surface area contributed by atoms with Gasteiger partial charge in [-0.1, -0.05) is 0 Å². The summed E-state index contributed by atoms with van der Waals surface area (Å²) >= 11 is 0. The van der Waals surface area contributed by atoms with Gasteiger partial charge in [0.15, 0.2) is 0 Å². The summed E-state index contributed by atoms with van der Waals surface area (Å²) in [5.74, 6) is -0.393. The zero-order valence-electron chi connectivity index (χ0n) is 10.3. The number of carboxylic acids is 1. The minimum Gasteiger partial charge on any atom is -0.495 e. The van der Waals surface area contributed by atoms with Gasteiger partial charge >= 0.3 is 5.97 Å². The van der Waals surface area contributed by atoms with E-state index in [2.05, 4.69) is 15.3 Å². The lowest BCUT2D eigenvalue weighted by atomic mass is 10.2. The second-order valence-electron chi connectivity index (χ2n) is 3.82. The predicted molar refractivity (Wildman–Crippen MR) is 69.3 cm³/mol. The van der Waals surface area contributed by atoms with Crippen molar-refractivity contribution in [3.8, 4) is 5.75 Å². The first-order chi connectivity index (χ1) is 9.20. The van der Waals surface area contributed by atoms with E-state index >= 15 is 0 Å². The Kier molecular flexibility index (Phi) is 3.92. The van der Waals surface area contributed by atoms with E-state index in [1.54, 1.807) is 18.5 Å². The number of benzene rings is 1. The Morgan fingerprint density at radius 2 is 2.11 bits per heavy atom. The molecule has 19 heavy (non-hydrogen) atoms. The van der Waals surface area contributed by atoms with Crippen molar-refractivity contribution < 1.29 is 14.6 Å². The van der Waals surface area contributed by atoms with Crippen LogP contribution in [0.3, 0.4) is 0 Å². The highest BCUT2D eigenvalue weighted by molar-refractivity contribution is 5.89. The molecule has 1 aromatic carbocycles. The van der Waals surface area contributed by atoms with Crippen molar-refractivity contribution in [2.45, 2.75) is 6.54 Å². The van der Waals surface area contributed by atoms with Crippen LogP contribution in [0.1, 0.15) is 15.9 Å². The fraction of sp³-hybridized carbons (Fsp3) is 0.154. The molecule has 0 aliphatic carbocycles. The second-order valence-corrected chi connectivity index (χ2v) is 3.82. The van der Waals surface area contributed by atoms with E-state index in [4.69, 9.17) is 9.84 Å². The lowest BCUT2D eigenvalue weighted by molar-refractivity contribution is 0.0697. The molecule has 0 bridgehead atoms. The normalized spacial score (nSPS) is 9.95. The highest BCUT2D eigenvalue weighted by Gasteiger charge is 2.08. The quantitative estimate of drug-likeness (QED) is 0.851. The van der Waals surface area contributed by atoms with E-state index in [-0.39, 0.29) is 5.56 Å². The number of hydrogen-bond acceptors (Lipinski definition) is 5. The van der Waals surface area contributed by atoms with Crippen LogP contribution in [0.15, 0.2) is 36.9 Å². The van der Waals surface area contributed by atoms with Crippen LogP contribution in [-0.4, -0.2) is 28.2 Å². The van der Waals surface area contributed by atoms with Crippen molar-refractivity contribution in [2.75, 3.05) is 12.4 Å². The van der Waals surface area contributed by atoms with Gasteiger partial charge in [-0.05, 0) is 18.2 Å². The van der Waals surface area contributed by atoms with Crippen LogP contribution in [0.5, 0.6) is 5.75 Å². The molecule has 1 aromatic heterocycles. The number of carboxylic acid groups (broad SMARTS) is 1. The number of anilines is 1. The van der Waals surface area contributed by atoms with Crippen LogP contribution in [0.2, 0.25) is 0 Å². The predicted octanol–water partition coefficient (Wildman–Crippen LogP) is 1.80. The van der Waals surface area contributed by atoms with Gasteiger partial charge in [-0.2, -0.15) is 0 Å². The molecule has 0 aliphatic rings. The Balaban J connectivity index is 2.18. The Hall–Kier alpha value is -2.63. The average Bonchev–Trinajstić information content (AvgIpc) is 2.45. The van der Waals surface area contributed by atoms with Crippen molar-refractivity contribution >= 4 is 11.7 Å². The van der Waals surface area contributed by atoms with E-state index in [0.29, 0.717) is 18.0 Å².